The van der Waals surface area contributed by atoms with Crippen molar-refractivity contribution in [2.45, 2.75) is 44.3 Å². The van der Waals surface area contributed by atoms with Crippen molar-refractivity contribution < 1.29 is 45.6 Å². The Bertz CT molecular complexity index is 1300. The molecule has 2 aromatic carbocycles. The number of ether oxygens (including phenoxy) is 1. The first-order valence-electron chi connectivity index (χ1n) is 11.3. The van der Waals surface area contributed by atoms with Crippen LogP contribution in [0.4, 0.5) is 22.0 Å². The molecule has 4 N–H and O–H groups in total. The Labute approximate surface area is 218 Å². The molecule has 208 valence electrons. The molecule has 3 rings (SSSR count). The van der Waals surface area contributed by atoms with Gasteiger partial charge in [0, 0.05) is 5.56 Å². The quantitative estimate of drug-likeness (QED) is 0.144. The number of rotatable bonds is 12. The Morgan fingerprint density at radius 2 is 1.76 bits per heavy atom. The van der Waals surface area contributed by atoms with Gasteiger partial charge in [-0.3, -0.25) is 4.52 Å². The molecular weight excluding hydrogens is 556 g/mol. The fourth-order valence-corrected chi connectivity index (χ4v) is 4.67. The van der Waals surface area contributed by atoms with Crippen LogP contribution in [0.5, 0.6) is 5.75 Å². The molecule has 1 atom stereocenters. The van der Waals surface area contributed by atoms with Gasteiger partial charge in [0.15, 0.2) is 11.6 Å². The fourth-order valence-electron chi connectivity index (χ4n) is 3.35. The summed E-state index contributed by atoms with van der Waals surface area (Å²) in [6.45, 7) is 0.824. The van der Waals surface area contributed by atoms with Gasteiger partial charge in [0.05, 0.1) is 24.3 Å². The van der Waals surface area contributed by atoms with Crippen LogP contribution in [0.15, 0.2) is 36.4 Å². The fraction of sp³-hybridized carbons (Fsp3) is 0.391. The van der Waals surface area contributed by atoms with Gasteiger partial charge in [-0.05, 0) is 68.5 Å². The van der Waals surface area contributed by atoms with Crippen molar-refractivity contribution >= 4 is 19.2 Å². The predicted molar refractivity (Wildman–Crippen MR) is 129 cm³/mol. The summed E-state index contributed by atoms with van der Waals surface area (Å²) in [5, 5.41) is 7.94. The topological polar surface area (TPSA) is 128 Å². The van der Waals surface area contributed by atoms with E-state index in [-0.39, 0.29) is 27.9 Å². The predicted octanol–water partition coefficient (Wildman–Crippen LogP) is 5.58. The minimum Gasteiger partial charge on any atom is -0.493 e. The van der Waals surface area contributed by atoms with Crippen LogP contribution in [0.25, 0.3) is 10.6 Å². The lowest BCUT2D eigenvalue weighted by Crippen LogP contribution is -2.37. The number of benzene rings is 2. The molecule has 0 spiro atoms. The van der Waals surface area contributed by atoms with Crippen molar-refractivity contribution in [1.82, 2.24) is 10.2 Å². The molecule has 38 heavy (non-hydrogen) atoms. The van der Waals surface area contributed by atoms with Crippen LogP contribution in [0.2, 0.25) is 0 Å². The number of aromatic nitrogens is 2. The van der Waals surface area contributed by atoms with Gasteiger partial charge >= 0.3 is 14.0 Å². The summed E-state index contributed by atoms with van der Waals surface area (Å²) < 4.78 is 88.3. The monoisotopic (exact) mass is 581 g/mol. The SMILES string of the molecule is C[C@](N)(COP(=O)(O)O)c1nnc(-c2ccc(OCCCCCc3ccc(F)c(F)c3)c(C(F)(F)F)c2)s1. The molecule has 1 aromatic heterocycles. The number of nitrogens with two attached hydrogens (primary N) is 1. The lowest BCUT2D eigenvalue weighted by Gasteiger charge is -2.21. The summed E-state index contributed by atoms with van der Waals surface area (Å²) in [6, 6.07) is 7.10. The summed E-state index contributed by atoms with van der Waals surface area (Å²) in [4.78, 5) is 17.7. The average molecular weight is 582 g/mol. The number of alkyl halides is 3. The lowest BCUT2D eigenvalue weighted by atomic mass is 10.1. The van der Waals surface area contributed by atoms with Gasteiger partial charge < -0.3 is 20.3 Å². The normalized spacial score (nSPS) is 13.9. The van der Waals surface area contributed by atoms with E-state index in [4.69, 9.17) is 20.3 Å². The minimum absolute atomic E-state index is 0.0221. The highest BCUT2D eigenvalue weighted by molar-refractivity contribution is 7.46. The molecule has 0 unspecified atom stereocenters. The summed E-state index contributed by atoms with van der Waals surface area (Å²) in [7, 11) is -4.79. The van der Waals surface area contributed by atoms with Crippen LogP contribution in [0.3, 0.4) is 0 Å². The largest absolute Gasteiger partial charge is 0.493 e. The van der Waals surface area contributed by atoms with Crippen molar-refractivity contribution in [3.8, 4) is 16.3 Å². The molecular formula is C23H25F5N3O5PS. The summed E-state index contributed by atoms with van der Waals surface area (Å²) in [6.07, 6.45) is -2.54. The zero-order valence-electron chi connectivity index (χ0n) is 20.0. The summed E-state index contributed by atoms with van der Waals surface area (Å²) >= 11 is 0.863. The highest BCUT2D eigenvalue weighted by Gasteiger charge is 2.35. The van der Waals surface area contributed by atoms with Gasteiger partial charge in [-0.15, -0.1) is 10.2 Å². The molecule has 15 heteroatoms. The van der Waals surface area contributed by atoms with E-state index in [0.29, 0.717) is 31.2 Å². The molecule has 0 fully saturated rings. The maximum Gasteiger partial charge on any atom is 0.469 e. The van der Waals surface area contributed by atoms with Gasteiger partial charge in [0.2, 0.25) is 0 Å². The third kappa shape index (κ3) is 8.52. The molecule has 0 bridgehead atoms. The van der Waals surface area contributed by atoms with E-state index in [9.17, 15) is 26.5 Å². The van der Waals surface area contributed by atoms with Crippen LogP contribution in [0, 0.1) is 11.6 Å². The Morgan fingerprint density at radius 1 is 1.03 bits per heavy atom. The van der Waals surface area contributed by atoms with E-state index < -0.39 is 43.3 Å². The maximum absolute atomic E-state index is 13.7. The molecule has 0 aliphatic carbocycles. The number of nitrogens with zero attached hydrogens (tertiary/aromatic N) is 2. The van der Waals surface area contributed by atoms with E-state index in [1.807, 2.05) is 0 Å². The minimum atomic E-state index is -4.79. The van der Waals surface area contributed by atoms with Crippen LogP contribution in [-0.2, 0) is 27.2 Å². The number of phosphoric ester groups is 1. The lowest BCUT2D eigenvalue weighted by molar-refractivity contribution is -0.138. The summed E-state index contributed by atoms with van der Waals surface area (Å²) in [5.41, 5.74) is 4.28. The van der Waals surface area contributed by atoms with E-state index in [0.717, 1.165) is 29.5 Å². The van der Waals surface area contributed by atoms with Crippen LogP contribution in [0.1, 0.15) is 42.3 Å². The van der Waals surface area contributed by atoms with Gasteiger partial charge in [-0.25, -0.2) is 13.3 Å². The molecule has 0 saturated carbocycles. The Kier molecular flexibility index (Phi) is 9.61. The second kappa shape index (κ2) is 12.1. The highest BCUT2D eigenvalue weighted by atomic mass is 32.1. The maximum atomic E-state index is 13.7. The third-order valence-corrected chi connectivity index (χ3v) is 7.05. The van der Waals surface area contributed by atoms with Crippen molar-refractivity contribution in [1.29, 1.82) is 0 Å². The first-order chi connectivity index (χ1) is 17.7. The van der Waals surface area contributed by atoms with Crippen molar-refractivity contribution in [2.24, 2.45) is 5.73 Å². The number of phosphoric acid groups is 1. The molecule has 8 nitrogen and oxygen atoms in total. The van der Waals surface area contributed by atoms with Crippen LogP contribution in [-0.4, -0.2) is 33.2 Å². The average Bonchev–Trinajstić information content (AvgIpc) is 3.33. The molecule has 0 saturated heterocycles. The third-order valence-electron chi connectivity index (χ3n) is 5.33. The van der Waals surface area contributed by atoms with Crippen molar-refractivity contribution in [3.05, 3.63) is 64.2 Å². The van der Waals surface area contributed by atoms with Crippen LogP contribution >= 0.6 is 19.2 Å². The van der Waals surface area contributed by atoms with Gasteiger partial charge in [-0.2, -0.15) is 13.2 Å². The molecule has 0 aliphatic rings. The molecule has 0 aliphatic heterocycles. The van der Waals surface area contributed by atoms with Gasteiger partial charge in [0.1, 0.15) is 15.8 Å². The van der Waals surface area contributed by atoms with Crippen molar-refractivity contribution in [2.75, 3.05) is 13.2 Å². The van der Waals surface area contributed by atoms with Gasteiger partial charge in [-0.1, -0.05) is 17.4 Å². The van der Waals surface area contributed by atoms with Crippen LogP contribution < -0.4 is 10.5 Å². The molecule has 0 amide bonds. The van der Waals surface area contributed by atoms with Gasteiger partial charge in [0.25, 0.3) is 0 Å². The Morgan fingerprint density at radius 3 is 2.42 bits per heavy atom. The van der Waals surface area contributed by atoms with E-state index in [1.54, 1.807) is 0 Å². The number of aryl methyl sites for hydroxylation is 1. The second-order valence-electron chi connectivity index (χ2n) is 8.71. The standard InChI is InChI=1S/C23H25F5N3O5PS/c1-22(29,13-36-37(32,33)34)21-31-30-20(38-21)15-7-9-19(16(12-15)23(26,27)28)35-10-4-2-3-5-14-6-8-17(24)18(25)11-14/h6-9,11-12H,2-5,10,13,29H2,1H3,(H2,32,33,34)/t22-/m0/s1. The molecule has 1 heterocycles. The van der Waals surface area contributed by atoms with Crippen molar-refractivity contribution in [3.63, 3.8) is 0 Å². The molecule has 3 aromatic rings. The number of hydrogen-bond acceptors (Lipinski definition) is 7. The Balaban J connectivity index is 1.62. The smallest absolute Gasteiger partial charge is 0.469 e. The zero-order chi connectivity index (χ0) is 28.1. The summed E-state index contributed by atoms with van der Waals surface area (Å²) in [5.74, 6) is -2.21. The number of hydrogen-bond donors (Lipinski definition) is 3. The first kappa shape index (κ1) is 30.1. The molecule has 0 radical (unpaired) electrons. The van der Waals surface area contributed by atoms with E-state index in [1.165, 1.54) is 25.1 Å². The first-order valence-corrected chi connectivity index (χ1v) is 13.6. The van der Waals surface area contributed by atoms with E-state index >= 15 is 0 Å². The zero-order valence-corrected chi connectivity index (χ0v) is 21.8. The second-order valence-corrected chi connectivity index (χ2v) is 10.9. The van der Waals surface area contributed by atoms with E-state index in [2.05, 4.69) is 14.7 Å². The number of halogens is 5. The Hall–Kier alpha value is -2.48. The number of unbranched alkanes of at least 4 members (excludes halogenated alkanes) is 2. The highest BCUT2D eigenvalue weighted by Crippen LogP contribution is 2.41.